The molecule has 0 bridgehead atoms. The van der Waals surface area contributed by atoms with Crippen LogP contribution in [0.3, 0.4) is 0 Å². The van der Waals surface area contributed by atoms with Crippen LogP contribution in [0.2, 0.25) is 0 Å². The molecule has 0 saturated heterocycles. The Morgan fingerprint density at radius 3 is 2.67 bits per heavy atom. The van der Waals surface area contributed by atoms with E-state index in [1.54, 1.807) is 12.1 Å². The number of rotatable bonds is 0. The molecule has 0 aliphatic heterocycles. The number of hydrogen-bond donors (Lipinski definition) is 0. The molecule has 0 atom stereocenters. The van der Waals surface area contributed by atoms with E-state index in [1.807, 2.05) is 0 Å². The number of aromatic nitrogens is 1. The molecule has 0 unspecified atom stereocenters. The lowest BCUT2D eigenvalue weighted by Crippen LogP contribution is -1.91. The molecule has 1 heterocycles. The molecule has 1 rings (SSSR count). The van der Waals surface area contributed by atoms with Crippen molar-refractivity contribution in [1.29, 1.82) is 10.5 Å². The van der Waals surface area contributed by atoms with E-state index in [2.05, 4.69) is 4.98 Å². The Labute approximate surface area is 68.3 Å². The van der Waals surface area contributed by atoms with Gasteiger partial charge in [-0.3, -0.25) is 4.79 Å². The predicted molar refractivity (Wildman–Crippen MR) is 39.9 cm³/mol. The van der Waals surface area contributed by atoms with Crippen molar-refractivity contribution < 1.29 is 0 Å². The molecule has 56 valence electrons. The van der Waals surface area contributed by atoms with Crippen LogP contribution < -0.4 is 5.43 Å². The minimum atomic E-state index is -0.333. The molecule has 1 aromatic rings. The molecule has 0 aliphatic carbocycles. The molecule has 12 heavy (non-hydrogen) atoms. The van der Waals surface area contributed by atoms with Gasteiger partial charge in [0.25, 0.3) is 0 Å². The van der Waals surface area contributed by atoms with Crippen LogP contribution in [0.25, 0.3) is 0 Å². The van der Waals surface area contributed by atoms with Crippen LogP contribution in [0.4, 0.5) is 0 Å². The molecule has 1 aromatic heterocycles. The largest absolute Gasteiger partial charge is 0.290 e. The summed E-state index contributed by atoms with van der Waals surface area (Å²) in [5.74, 6) is 0. The normalized spacial score (nSPS) is 8.17. The second-order valence-electron chi connectivity index (χ2n) is 1.98. The first kappa shape index (κ1) is 7.90. The second kappa shape index (κ2) is 3.27. The molecular weight excluding hydrogens is 154 g/mol. The Kier molecular flexibility index (Phi) is 2.15. The highest BCUT2D eigenvalue weighted by atomic mass is 16.1. The van der Waals surface area contributed by atoms with Crippen LogP contribution in [0.15, 0.2) is 23.1 Å². The molecule has 4 heteroatoms. The van der Waals surface area contributed by atoms with Gasteiger partial charge in [-0.2, -0.15) is 10.5 Å². The number of nitriles is 2. The summed E-state index contributed by atoms with van der Waals surface area (Å²) in [6.07, 6.45) is 1.21. The maximum absolute atomic E-state index is 10.8. The van der Waals surface area contributed by atoms with E-state index in [4.69, 9.17) is 10.5 Å². The predicted octanol–water partition coefficient (Wildman–Crippen LogP) is 0.185. The average Bonchev–Trinajstić information content (AvgIpc) is 2.26. The summed E-state index contributed by atoms with van der Waals surface area (Å²) in [5, 5.41) is 17.0. The second-order valence-corrected chi connectivity index (χ2v) is 1.98. The maximum atomic E-state index is 10.8. The van der Waals surface area contributed by atoms with E-state index >= 15 is 0 Å². The first-order valence-electron chi connectivity index (χ1n) is 3.08. The zero-order chi connectivity index (χ0) is 8.97. The quantitative estimate of drug-likeness (QED) is 0.538. The minimum Gasteiger partial charge on any atom is -0.290 e. The van der Waals surface area contributed by atoms with Crippen molar-refractivity contribution in [3.05, 3.63) is 39.8 Å². The van der Waals surface area contributed by atoms with Gasteiger partial charge >= 0.3 is 0 Å². The highest BCUT2D eigenvalue weighted by Crippen LogP contribution is 1.96. The van der Waals surface area contributed by atoms with Crippen LogP contribution in [0.1, 0.15) is 11.3 Å². The van der Waals surface area contributed by atoms with Crippen molar-refractivity contribution in [3.8, 4) is 12.1 Å². The molecule has 4 nitrogen and oxygen atoms in total. The van der Waals surface area contributed by atoms with Gasteiger partial charge in [-0.25, -0.2) is 4.98 Å². The van der Waals surface area contributed by atoms with Gasteiger partial charge in [0.15, 0.2) is 11.1 Å². The third kappa shape index (κ3) is 1.44. The highest BCUT2D eigenvalue weighted by molar-refractivity contribution is 5.39. The lowest BCUT2D eigenvalue weighted by atomic mass is 10.2. The molecule has 0 spiro atoms. The minimum absolute atomic E-state index is 0.00694. The molecule has 0 radical (unpaired) electrons. The van der Waals surface area contributed by atoms with Crippen molar-refractivity contribution in [2.45, 2.75) is 0 Å². The van der Waals surface area contributed by atoms with Crippen molar-refractivity contribution in [3.63, 3.8) is 0 Å². The molecule has 0 N–H and O–H groups in total. The summed E-state index contributed by atoms with van der Waals surface area (Å²) in [6, 6.07) is 5.73. The smallest absolute Gasteiger partial charge is 0.181 e. The van der Waals surface area contributed by atoms with Gasteiger partial charge in [-0.1, -0.05) is 0 Å². The van der Waals surface area contributed by atoms with Crippen LogP contribution in [-0.4, -0.2) is 4.98 Å². The lowest BCUT2D eigenvalue weighted by molar-refractivity contribution is 1.28. The van der Waals surface area contributed by atoms with Gasteiger partial charge in [0.2, 0.25) is 0 Å². The van der Waals surface area contributed by atoms with Crippen LogP contribution in [0, 0.1) is 22.7 Å². The van der Waals surface area contributed by atoms with E-state index in [9.17, 15) is 4.79 Å². The standard InChI is InChI=1S/C8H3N3O/c9-4-6-3-7(12)1-2-11-8(6)5-10/h1-3H. The lowest BCUT2D eigenvalue weighted by Gasteiger charge is -1.80. The summed E-state index contributed by atoms with van der Waals surface area (Å²) in [4.78, 5) is 14.4. The Balaban J connectivity index is 3.59. The average molecular weight is 157 g/mol. The van der Waals surface area contributed by atoms with E-state index in [1.165, 1.54) is 12.3 Å². The van der Waals surface area contributed by atoms with Crippen molar-refractivity contribution in [1.82, 2.24) is 4.98 Å². The van der Waals surface area contributed by atoms with Crippen molar-refractivity contribution in [2.75, 3.05) is 0 Å². The Hall–Kier alpha value is -2.20. The van der Waals surface area contributed by atoms with Gasteiger partial charge in [-0.05, 0) is 0 Å². The fourth-order valence-electron chi connectivity index (χ4n) is 0.688. The third-order valence-corrected chi connectivity index (χ3v) is 1.21. The molecule has 0 saturated carbocycles. The maximum Gasteiger partial charge on any atom is 0.181 e. The van der Waals surface area contributed by atoms with E-state index in [0.717, 1.165) is 6.07 Å². The van der Waals surface area contributed by atoms with Gasteiger partial charge in [0.1, 0.15) is 12.1 Å². The van der Waals surface area contributed by atoms with E-state index < -0.39 is 0 Å². The van der Waals surface area contributed by atoms with E-state index in [0.29, 0.717) is 0 Å². The summed E-state index contributed by atoms with van der Waals surface area (Å²) >= 11 is 0. The zero-order valence-electron chi connectivity index (χ0n) is 5.98. The van der Waals surface area contributed by atoms with E-state index in [-0.39, 0.29) is 16.7 Å². The van der Waals surface area contributed by atoms with Gasteiger partial charge < -0.3 is 0 Å². The number of nitrogens with zero attached hydrogens (tertiary/aromatic N) is 3. The fourth-order valence-corrected chi connectivity index (χ4v) is 0.688. The van der Waals surface area contributed by atoms with Crippen molar-refractivity contribution >= 4 is 0 Å². The Bertz CT molecular complexity index is 439. The fraction of sp³-hybridized carbons (Fsp3) is 0. The molecular formula is C8H3N3O. The molecule has 0 amide bonds. The third-order valence-electron chi connectivity index (χ3n) is 1.21. The first-order valence-corrected chi connectivity index (χ1v) is 3.08. The SMILES string of the molecule is N#Cc1cc(=O)ccnc1C#N. The summed E-state index contributed by atoms with van der Waals surface area (Å²) in [7, 11) is 0. The molecule has 0 aliphatic rings. The van der Waals surface area contributed by atoms with Crippen LogP contribution >= 0.6 is 0 Å². The monoisotopic (exact) mass is 157 g/mol. The topological polar surface area (TPSA) is 77.5 Å². The van der Waals surface area contributed by atoms with Crippen molar-refractivity contribution in [2.24, 2.45) is 0 Å². The highest BCUT2D eigenvalue weighted by Gasteiger charge is 1.99. The zero-order valence-corrected chi connectivity index (χ0v) is 5.98. The summed E-state index contributed by atoms with van der Waals surface area (Å²) in [6.45, 7) is 0. The molecule has 0 aromatic carbocycles. The van der Waals surface area contributed by atoms with Gasteiger partial charge in [-0.15, -0.1) is 0 Å². The van der Waals surface area contributed by atoms with Crippen LogP contribution in [-0.2, 0) is 0 Å². The van der Waals surface area contributed by atoms with Gasteiger partial charge in [0, 0.05) is 18.3 Å². The summed E-state index contributed by atoms with van der Waals surface area (Å²) < 4.78 is 0. The molecule has 0 fully saturated rings. The number of hydrogen-bond acceptors (Lipinski definition) is 4. The summed E-state index contributed by atoms with van der Waals surface area (Å²) in [5.41, 5.74) is -0.354. The van der Waals surface area contributed by atoms with Crippen LogP contribution in [0.5, 0.6) is 0 Å². The Morgan fingerprint density at radius 2 is 2.08 bits per heavy atom. The Morgan fingerprint density at radius 1 is 1.33 bits per heavy atom. The first-order chi connectivity index (χ1) is 5.77. The van der Waals surface area contributed by atoms with Gasteiger partial charge in [0.05, 0.1) is 5.56 Å².